The zero-order valence-corrected chi connectivity index (χ0v) is 30.4. The first-order chi connectivity index (χ1) is 26.8. The van der Waals surface area contributed by atoms with Crippen LogP contribution in [-0.4, -0.2) is 122 Å². The van der Waals surface area contributed by atoms with Crippen molar-refractivity contribution < 1.29 is 74.0 Å². The summed E-state index contributed by atoms with van der Waals surface area (Å²) >= 11 is 0. The molecule has 2 aliphatic rings. The lowest BCUT2D eigenvalue weighted by atomic mass is 9.90. The normalized spacial score (nSPS) is 17.2. The van der Waals surface area contributed by atoms with Crippen LogP contribution < -0.4 is 16.4 Å². The first-order valence-electron chi connectivity index (χ1n) is 16.9. The van der Waals surface area contributed by atoms with Crippen molar-refractivity contribution in [1.82, 2.24) is 25.1 Å². The molecule has 1 aromatic heterocycles. The molecule has 1 aliphatic carbocycles. The van der Waals surface area contributed by atoms with E-state index in [1.807, 2.05) is 30.0 Å². The molecule has 0 spiro atoms. The molecule has 8 N–H and O–H groups in total. The van der Waals surface area contributed by atoms with E-state index < -0.39 is 36.4 Å². The van der Waals surface area contributed by atoms with Crippen molar-refractivity contribution in [2.24, 2.45) is 5.73 Å². The molecule has 320 valence electrons. The molecule has 1 saturated heterocycles. The summed E-state index contributed by atoms with van der Waals surface area (Å²) < 4.78 is 95.2. The first kappa shape index (κ1) is 48.2. The van der Waals surface area contributed by atoms with Crippen LogP contribution in [0.15, 0.2) is 48.5 Å². The number of nitrogens with one attached hydrogen (secondary N) is 3. The number of carboxylic acids is 3. The second kappa shape index (κ2) is 21.0. The summed E-state index contributed by atoms with van der Waals surface area (Å²) in [4.78, 5) is 53.9. The molecule has 24 heteroatoms. The van der Waals surface area contributed by atoms with Crippen LogP contribution in [0, 0.1) is 12.3 Å². The number of nitrogens with zero attached hydrogens (tertiary/aromatic N) is 4. The molecular formula is C34H39F9N8O7. The van der Waals surface area contributed by atoms with Gasteiger partial charge in [0.05, 0.1) is 5.52 Å². The van der Waals surface area contributed by atoms with E-state index in [1.165, 1.54) is 5.56 Å². The van der Waals surface area contributed by atoms with Gasteiger partial charge in [0.25, 0.3) is 5.91 Å². The van der Waals surface area contributed by atoms with Crippen LogP contribution >= 0.6 is 0 Å². The number of aliphatic carboxylic acids is 3. The Kier molecular flexibility index (Phi) is 17.5. The van der Waals surface area contributed by atoms with Gasteiger partial charge in [0, 0.05) is 50.2 Å². The summed E-state index contributed by atoms with van der Waals surface area (Å²) in [6, 6.07) is 16.6. The van der Waals surface area contributed by atoms with Gasteiger partial charge >= 0.3 is 36.4 Å². The van der Waals surface area contributed by atoms with Crippen LogP contribution in [-0.2, 0) is 20.9 Å². The van der Waals surface area contributed by atoms with Crippen LogP contribution in [0.25, 0.3) is 10.9 Å². The number of guanidine groups is 1. The highest BCUT2D eigenvalue weighted by Gasteiger charge is 2.39. The maximum atomic E-state index is 13.5. The summed E-state index contributed by atoms with van der Waals surface area (Å²) in [7, 11) is 0. The smallest absolute Gasteiger partial charge is 0.475 e. The highest BCUT2D eigenvalue weighted by molar-refractivity contribution is 5.97. The highest BCUT2D eigenvalue weighted by atomic mass is 19.4. The molecule has 0 bridgehead atoms. The lowest BCUT2D eigenvalue weighted by Gasteiger charge is -2.35. The van der Waals surface area contributed by atoms with E-state index in [4.69, 9.17) is 45.8 Å². The quantitative estimate of drug-likeness (QED) is 0.0985. The number of aromatic nitrogens is 2. The molecule has 2 atom stereocenters. The van der Waals surface area contributed by atoms with Gasteiger partial charge in [0.1, 0.15) is 5.82 Å². The molecule has 1 aliphatic heterocycles. The number of benzene rings is 2. The molecule has 1 saturated carbocycles. The predicted molar refractivity (Wildman–Crippen MR) is 188 cm³/mol. The molecule has 1 amide bonds. The Hall–Kier alpha value is -5.94. The molecule has 3 aromatic rings. The van der Waals surface area contributed by atoms with E-state index in [0.717, 1.165) is 61.8 Å². The van der Waals surface area contributed by atoms with Gasteiger partial charge < -0.3 is 36.6 Å². The van der Waals surface area contributed by atoms with E-state index in [-0.39, 0.29) is 29.8 Å². The van der Waals surface area contributed by atoms with Crippen molar-refractivity contribution in [2.75, 3.05) is 31.5 Å². The second-order valence-electron chi connectivity index (χ2n) is 12.6. The number of amides is 1. The van der Waals surface area contributed by atoms with Gasteiger partial charge in [-0.25, -0.2) is 24.4 Å². The fraction of sp³-hybridized carbons (Fsp3) is 0.441. The third kappa shape index (κ3) is 16.3. The topological polar surface area (TPSA) is 235 Å². The number of piperazine rings is 1. The summed E-state index contributed by atoms with van der Waals surface area (Å²) in [5.74, 6) is -7.53. The van der Waals surface area contributed by atoms with Crippen molar-refractivity contribution in [3.05, 3.63) is 65.5 Å². The van der Waals surface area contributed by atoms with E-state index in [2.05, 4.69) is 50.8 Å². The predicted octanol–water partition coefficient (Wildman–Crippen LogP) is 5.00. The number of anilines is 1. The number of alkyl halides is 9. The van der Waals surface area contributed by atoms with Gasteiger partial charge in [0.2, 0.25) is 5.82 Å². The van der Waals surface area contributed by atoms with Gasteiger partial charge in [-0.3, -0.25) is 15.1 Å². The summed E-state index contributed by atoms with van der Waals surface area (Å²) in [6.45, 7) is 5.86. The minimum Gasteiger partial charge on any atom is -0.475 e. The molecule has 2 aromatic carbocycles. The SMILES string of the molecule is Cc1ccc2nc(C(=O)N3CCN(Cc4ccccc4)CC3)nc(NC3CCCCC3NC(=N)N)c2c1.O=C(O)C(F)(F)F.O=C(O)C(F)(F)F.O=C(O)C(F)(F)F. The number of aryl methyl sites for hydroxylation is 1. The van der Waals surface area contributed by atoms with E-state index in [1.54, 1.807) is 0 Å². The number of hydrogen-bond donors (Lipinski definition) is 7. The van der Waals surface area contributed by atoms with Gasteiger partial charge in [-0.1, -0.05) is 54.8 Å². The van der Waals surface area contributed by atoms with Gasteiger partial charge in [-0.2, -0.15) is 39.5 Å². The number of carboxylic acid groups (broad SMARTS) is 3. The van der Waals surface area contributed by atoms with Gasteiger partial charge in [-0.05, 0) is 37.5 Å². The van der Waals surface area contributed by atoms with Crippen molar-refractivity contribution >= 4 is 46.5 Å². The van der Waals surface area contributed by atoms with Crippen LogP contribution in [0.3, 0.4) is 0 Å². The summed E-state index contributed by atoms with van der Waals surface area (Å²) in [5.41, 5.74) is 8.79. The lowest BCUT2D eigenvalue weighted by Crippen LogP contribution is -2.50. The number of hydrogen-bond acceptors (Lipinski definition) is 9. The second-order valence-corrected chi connectivity index (χ2v) is 12.6. The fourth-order valence-corrected chi connectivity index (χ4v) is 5.39. The van der Waals surface area contributed by atoms with Gasteiger partial charge in [-0.15, -0.1) is 0 Å². The molecular weight excluding hydrogens is 803 g/mol. The van der Waals surface area contributed by atoms with E-state index in [9.17, 15) is 44.3 Å². The molecule has 2 fully saturated rings. The average Bonchev–Trinajstić information content (AvgIpc) is 3.12. The van der Waals surface area contributed by atoms with Crippen molar-refractivity contribution in [1.29, 1.82) is 5.41 Å². The Bertz CT molecular complexity index is 1820. The van der Waals surface area contributed by atoms with Crippen LogP contribution in [0.1, 0.15) is 47.4 Å². The highest BCUT2D eigenvalue weighted by Crippen LogP contribution is 2.27. The number of carbonyl (C=O) groups excluding carboxylic acids is 1. The fourth-order valence-electron chi connectivity index (χ4n) is 5.39. The van der Waals surface area contributed by atoms with Crippen molar-refractivity contribution in [3.63, 3.8) is 0 Å². The van der Waals surface area contributed by atoms with Gasteiger partial charge in [0.15, 0.2) is 5.96 Å². The molecule has 5 rings (SSSR count). The molecule has 58 heavy (non-hydrogen) atoms. The monoisotopic (exact) mass is 842 g/mol. The standard InChI is InChI=1S/C28H36N8O.3C2HF3O2/c1-19-11-12-22-21(17-19)25(32-23-9-5-6-10-24(23)33-28(29)30)34-26(31-22)27(37)36-15-13-35(14-16-36)18-20-7-3-2-4-8-20;3*3-2(4,5)1(6)7/h2-4,7-8,11-12,17,23-24H,5-6,9-10,13-16,18H2,1H3,(H4,29,30,33)(H,31,32,34);3*(H,6,7). The molecule has 0 radical (unpaired) electrons. The van der Waals surface area contributed by atoms with E-state index >= 15 is 0 Å². The number of nitrogens with two attached hydrogens (primary N) is 1. The zero-order valence-electron chi connectivity index (χ0n) is 30.4. The molecule has 15 nitrogen and oxygen atoms in total. The Morgan fingerprint density at radius 3 is 1.72 bits per heavy atom. The molecule has 2 unspecified atom stereocenters. The van der Waals surface area contributed by atoms with Crippen molar-refractivity contribution in [2.45, 2.75) is 69.8 Å². The Labute approximate surface area is 323 Å². The minimum atomic E-state index is -5.08. The summed E-state index contributed by atoms with van der Waals surface area (Å²) in [5, 5.41) is 36.7. The maximum absolute atomic E-state index is 13.5. The number of carbonyl (C=O) groups is 4. The number of fused-ring (bicyclic) bond motifs is 1. The number of rotatable bonds is 6. The third-order valence-electron chi connectivity index (χ3n) is 8.11. The van der Waals surface area contributed by atoms with Crippen molar-refractivity contribution in [3.8, 4) is 0 Å². The Morgan fingerprint density at radius 2 is 1.26 bits per heavy atom. The van der Waals surface area contributed by atoms with Crippen LogP contribution in [0.5, 0.6) is 0 Å². The minimum absolute atomic E-state index is 0.0237. The zero-order chi connectivity index (χ0) is 44.0. The Balaban J connectivity index is 0.000000453. The average molecular weight is 843 g/mol. The summed E-state index contributed by atoms with van der Waals surface area (Å²) in [6.07, 6.45) is -11.2. The van der Waals surface area contributed by atoms with E-state index in [0.29, 0.717) is 18.9 Å². The molecule has 2 heterocycles. The largest absolute Gasteiger partial charge is 0.490 e. The number of halogens is 9. The lowest BCUT2D eigenvalue weighted by molar-refractivity contribution is -0.193. The third-order valence-corrected chi connectivity index (χ3v) is 8.11. The first-order valence-corrected chi connectivity index (χ1v) is 16.9. The Morgan fingerprint density at radius 1 is 0.776 bits per heavy atom. The van der Waals surface area contributed by atoms with Crippen LogP contribution in [0.4, 0.5) is 45.3 Å². The maximum Gasteiger partial charge on any atom is 0.490 e. The van der Waals surface area contributed by atoms with Crippen LogP contribution in [0.2, 0.25) is 0 Å².